The van der Waals surface area contributed by atoms with Crippen molar-refractivity contribution >= 4 is 17.7 Å². The molecular formula is C14H20N2O4. The fourth-order valence-electron chi connectivity index (χ4n) is 1.77. The number of ether oxygens (including phenoxy) is 1. The SMILES string of the molecule is COCCc1ccccc1NC(=O)NC(C)CC(=O)O. The number of rotatable bonds is 7. The van der Waals surface area contributed by atoms with E-state index >= 15 is 0 Å². The number of carbonyl (C=O) groups is 2. The Kier molecular flexibility index (Phi) is 6.52. The van der Waals surface area contributed by atoms with E-state index in [4.69, 9.17) is 9.84 Å². The van der Waals surface area contributed by atoms with Crippen LogP contribution in [0.25, 0.3) is 0 Å². The van der Waals surface area contributed by atoms with E-state index in [0.717, 1.165) is 5.56 Å². The number of aliphatic carboxylic acids is 1. The predicted molar refractivity (Wildman–Crippen MR) is 75.9 cm³/mol. The lowest BCUT2D eigenvalue weighted by molar-refractivity contribution is -0.137. The van der Waals surface area contributed by atoms with Crippen LogP contribution in [0.1, 0.15) is 18.9 Å². The highest BCUT2D eigenvalue weighted by molar-refractivity contribution is 5.90. The highest BCUT2D eigenvalue weighted by atomic mass is 16.5. The number of hydrogen-bond donors (Lipinski definition) is 3. The number of para-hydroxylation sites is 1. The summed E-state index contributed by atoms with van der Waals surface area (Å²) in [6.07, 6.45) is 0.580. The fourth-order valence-corrected chi connectivity index (χ4v) is 1.77. The molecule has 0 aliphatic rings. The Morgan fingerprint density at radius 1 is 1.35 bits per heavy atom. The highest BCUT2D eigenvalue weighted by Gasteiger charge is 2.12. The largest absolute Gasteiger partial charge is 0.481 e. The normalized spacial score (nSPS) is 11.7. The molecule has 1 atom stereocenters. The number of carboxylic acids is 1. The summed E-state index contributed by atoms with van der Waals surface area (Å²) in [6.45, 7) is 2.21. The molecule has 0 bridgehead atoms. The third kappa shape index (κ3) is 5.71. The minimum atomic E-state index is -0.946. The average molecular weight is 280 g/mol. The number of nitrogens with one attached hydrogen (secondary N) is 2. The number of anilines is 1. The number of benzene rings is 1. The van der Waals surface area contributed by atoms with Gasteiger partial charge in [-0.15, -0.1) is 0 Å². The molecule has 3 N–H and O–H groups in total. The second-order valence-corrected chi connectivity index (χ2v) is 4.50. The maximum atomic E-state index is 11.8. The van der Waals surface area contributed by atoms with Gasteiger partial charge in [0.05, 0.1) is 13.0 Å². The number of carboxylic acid groups (broad SMARTS) is 1. The summed E-state index contributed by atoms with van der Waals surface area (Å²) >= 11 is 0. The first-order chi connectivity index (χ1) is 9.52. The van der Waals surface area contributed by atoms with Gasteiger partial charge in [-0.05, 0) is 25.0 Å². The molecule has 0 heterocycles. The van der Waals surface area contributed by atoms with E-state index < -0.39 is 18.0 Å². The van der Waals surface area contributed by atoms with Crippen LogP contribution in [-0.4, -0.2) is 36.9 Å². The van der Waals surface area contributed by atoms with Crippen molar-refractivity contribution in [3.05, 3.63) is 29.8 Å². The topological polar surface area (TPSA) is 87.7 Å². The molecule has 2 amide bonds. The maximum absolute atomic E-state index is 11.8. The number of amides is 2. The van der Waals surface area contributed by atoms with E-state index in [9.17, 15) is 9.59 Å². The van der Waals surface area contributed by atoms with Gasteiger partial charge in [-0.3, -0.25) is 4.79 Å². The van der Waals surface area contributed by atoms with Crippen LogP contribution in [0.2, 0.25) is 0 Å². The number of hydrogen-bond acceptors (Lipinski definition) is 3. The smallest absolute Gasteiger partial charge is 0.319 e. The summed E-state index contributed by atoms with van der Waals surface area (Å²) in [5.41, 5.74) is 1.67. The van der Waals surface area contributed by atoms with Crippen LogP contribution in [-0.2, 0) is 16.0 Å². The van der Waals surface area contributed by atoms with Crippen LogP contribution >= 0.6 is 0 Å². The Labute approximate surface area is 118 Å². The van der Waals surface area contributed by atoms with Crippen molar-refractivity contribution in [2.45, 2.75) is 25.8 Å². The van der Waals surface area contributed by atoms with E-state index in [2.05, 4.69) is 10.6 Å². The van der Waals surface area contributed by atoms with Gasteiger partial charge < -0.3 is 20.5 Å². The second kappa shape index (κ2) is 8.16. The van der Waals surface area contributed by atoms with Gasteiger partial charge in [0.2, 0.25) is 0 Å². The minimum absolute atomic E-state index is 0.112. The standard InChI is InChI=1S/C14H20N2O4/c1-10(9-13(17)18)15-14(19)16-12-6-4-3-5-11(12)7-8-20-2/h3-6,10H,7-9H2,1-2H3,(H,17,18)(H2,15,16,19). The Bertz CT molecular complexity index is 462. The molecule has 110 valence electrons. The lowest BCUT2D eigenvalue weighted by atomic mass is 10.1. The van der Waals surface area contributed by atoms with Gasteiger partial charge in [-0.1, -0.05) is 18.2 Å². The minimum Gasteiger partial charge on any atom is -0.481 e. The fraction of sp³-hybridized carbons (Fsp3) is 0.429. The molecule has 0 aromatic heterocycles. The van der Waals surface area contributed by atoms with E-state index in [1.54, 1.807) is 20.1 Å². The Morgan fingerprint density at radius 2 is 2.05 bits per heavy atom. The molecule has 0 saturated carbocycles. The molecule has 0 fully saturated rings. The van der Waals surface area contributed by atoms with Gasteiger partial charge in [0.15, 0.2) is 0 Å². The molecule has 0 aliphatic heterocycles. The average Bonchev–Trinajstić information content (AvgIpc) is 2.36. The van der Waals surface area contributed by atoms with Crippen molar-refractivity contribution < 1.29 is 19.4 Å². The van der Waals surface area contributed by atoms with Gasteiger partial charge in [0.25, 0.3) is 0 Å². The molecule has 20 heavy (non-hydrogen) atoms. The lowest BCUT2D eigenvalue weighted by Gasteiger charge is -2.14. The quantitative estimate of drug-likeness (QED) is 0.711. The molecule has 6 heteroatoms. The number of carbonyl (C=O) groups excluding carboxylic acids is 1. The van der Waals surface area contributed by atoms with Crippen molar-refractivity contribution in [1.29, 1.82) is 0 Å². The van der Waals surface area contributed by atoms with E-state index in [-0.39, 0.29) is 6.42 Å². The van der Waals surface area contributed by atoms with Crippen LogP contribution in [0.3, 0.4) is 0 Å². The van der Waals surface area contributed by atoms with Gasteiger partial charge in [-0.2, -0.15) is 0 Å². The number of methoxy groups -OCH3 is 1. The molecule has 1 rings (SSSR count). The summed E-state index contributed by atoms with van der Waals surface area (Å²) in [6, 6.07) is 6.58. The summed E-state index contributed by atoms with van der Waals surface area (Å²) in [5.74, 6) is -0.946. The van der Waals surface area contributed by atoms with Crippen molar-refractivity contribution in [3.8, 4) is 0 Å². The molecule has 0 aliphatic carbocycles. The van der Waals surface area contributed by atoms with Gasteiger partial charge in [-0.25, -0.2) is 4.79 Å². The third-order valence-corrected chi connectivity index (χ3v) is 2.70. The summed E-state index contributed by atoms with van der Waals surface area (Å²) in [7, 11) is 1.62. The molecule has 0 saturated heterocycles. The molecule has 1 aromatic rings. The van der Waals surface area contributed by atoms with E-state index in [1.165, 1.54) is 0 Å². The third-order valence-electron chi connectivity index (χ3n) is 2.70. The Balaban J connectivity index is 2.59. The summed E-state index contributed by atoms with van der Waals surface area (Å²) in [4.78, 5) is 22.3. The molecule has 6 nitrogen and oxygen atoms in total. The maximum Gasteiger partial charge on any atom is 0.319 e. The Hall–Kier alpha value is -2.08. The molecule has 0 radical (unpaired) electrons. The molecule has 1 unspecified atom stereocenters. The first-order valence-electron chi connectivity index (χ1n) is 6.39. The van der Waals surface area contributed by atoms with E-state index in [0.29, 0.717) is 18.7 Å². The molecule has 1 aromatic carbocycles. The van der Waals surface area contributed by atoms with E-state index in [1.807, 2.05) is 18.2 Å². The first kappa shape index (κ1) is 16.0. The van der Waals surface area contributed by atoms with Gasteiger partial charge in [0, 0.05) is 18.8 Å². The van der Waals surface area contributed by atoms with Crippen LogP contribution < -0.4 is 10.6 Å². The highest BCUT2D eigenvalue weighted by Crippen LogP contribution is 2.15. The first-order valence-corrected chi connectivity index (χ1v) is 6.39. The molecular weight excluding hydrogens is 260 g/mol. The van der Waals surface area contributed by atoms with Crippen LogP contribution in [0.15, 0.2) is 24.3 Å². The van der Waals surface area contributed by atoms with Crippen LogP contribution in [0.4, 0.5) is 10.5 Å². The van der Waals surface area contributed by atoms with Crippen molar-refractivity contribution in [3.63, 3.8) is 0 Å². The van der Waals surface area contributed by atoms with Crippen LogP contribution in [0, 0.1) is 0 Å². The second-order valence-electron chi connectivity index (χ2n) is 4.50. The van der Waals surface area contributed by atoms with Gasteiger partial charge >= 0.3 is 12.0 Å². The zero-order valence-electron chi connectivity index (χ0n) is 11.7. The summed E-state index contributed by atoms with van der Waals surface area (Å²) in [5, 5.41) is 13.9. The van der Waals surface area contributed by atoms with Crippen molar-refractivity contribution in [1.82, 2.24) is 5.32 Å². The van der Waals surface area contributed by atoms with Crippen molar-refractivity contribution in [2.75, 3.05) is 19.0 Å². The number of urea groups is 1. The zero-order chi connectivity index (χ0) is 15.0. The van der Waals surface area contributed by atoms with Gasteiger partial charge in [0.1, 0.15) is 0 Å². The van der Waals surface area contributed by atoms with Crippen molar-refractivity contribution in [2.24, 2.45) is 0 Å². The zero-order valence-corrected chi connectivity index (χ0v) is 11.7. The van der Waals surface area contributed by atoms with Crippen LogP contribution in [0.5, 0.6) is 0 Å². The lowest BCUT2D eigenvalue weighted by Crippen LogP contribution is -2.37. The summed E-state index contributed by atoms with van der Waals surface area (Å²) < 4.78 is 5.02. The Morgan fingerprint density at radius 3 is 2.70 bits per heavy atom. The molecule has 0 spiro atoms. The monoisotopic (exact) mass is 280 g/mol. The predicted octanol–water partition coefficient (Wildman–Crippen LogP) is 1.86.